The van der Waals surface area contributed by atoms with Gasteiger partial charge in [0, 0.05) is 45.8 Å². The number of nitrogens with one attached hydrogen (secondary N) is 1. The lowest BCUT2D eigenvalue weighted by Crippen LogP contribution is -2.44. The molecule has 1 aliphatic heterocycles. The number of hydrogen-bond acceptors (Lipinski definition) is 7. The summed E-state index contributed by atoms with van der Waals surface area (Å²) in [6.07, 6.45) is 0. The number of fused-ring (bicyclic) bond motifs is 1. The SMILES string of the molecule is CCn1c(N2CCNCC2)nc2nc(Oc3cccc(OC)c3)n(C)c(=O)c21. The molecule has 1 fully saturated rings. The predicted molar refractivity (Wildman–Crippen MR) is 107 cm³/mol. The lowest BCUT2D eigenvalue weighted by atomic mass is 10.3. The first-order valence-electron chi connectivity index (χ1n) is 9.37. The monoisotopic (exact) mass is 384 g/mol. The number of rotatable bonds is 5. The molecule has 1 saturated heterocycles. The zero-order valence-electron chi connectivity index (χ0n) is 16.3. The first-order chi connectivity index (χ1) is 13.6. The van der Waals surface area contributed by atoms with Gasteiger partial charge in [-0.05, 0) is 19.1 Å². The molecule has 0 bridgehead atoms. The van der Waals surface area contributed by atoms with E-state index in [1.807, 2.05) is 23.6 Å². The van der Waals surface area contributed by atoms with Gasteiger partial charge < -0.3 is 24.3 Å². The van der Waals surface area contributed by atoms with E-state index in [0.29, 0.717) is 29.2 Å². The molecule has 0 spiro atoms. The summed E-state index contributed by atoms with van der Waals surface area (Å²) in [6.45, 7) is 6.12. The minimum Gasteiger partial charge on any atom is -0.497 e. The maximum Gasteiger partial charge on any atom is 0.306 e. The third-order valence-corrected chi connectivity index (χ3v) is 4.89. The summed E-state index contributed by atoms with van der Waals surface area (Å²) in [5.74, 6) is 1.99. The molecular formula is C19H24N6O3. The van der Waals surface area contributed by atoms with E-state index < -0.39 is 0 Å². The third-order valence-electron chi connectivity index (χ3n) is 4.89. The van der Waals surface area contributed by atoms with Gasteiger partial charge in [0.25, 0.3) is 5.56 Å². The van der Waals surface area contributed by atoms with Gasteiger partial charge in [-0.25, -0.2) is 0 Å². The normalized spacial score (nSPS) is 14.5. The summed E-state index contributed by atoms with van der Waals surface area (Å²) in [7, 11) is 3.25. The van der Waals surface area contributed by atoms with Crippen molar-refractivity contribution in [3.63, 3.8) is 0 Å². The van der Waals surface area contributed by atoms with Crippen LogP contribution in [0.1, 0.15) is 6.92 Å². The second-order valence-corrected chi connectivity index (χ2v) is 6.60. The number of nitrogens with zero attached hydrogens (tertiary/aromatic N) is 5. The minimum atomic E-state index is -0.182. The molecule has 0 amide bonds. The van der Waals surface area contributed by atoms with Crippen LogP contribution >= 0.6 is 0 Å². The molecule has 9 nitrogen and oxygen atoms in total. The molecule has 0 unspecified atom stereocenters. The number of aryl methyl sites for hydroxylation is 1. The van der Waals surface area contributed by atoms with Gasteiger partial charge in [0.2, 0.25) is 5.95 Å². The molecule has 3 heterocycles. The fraction of sp³-hybridized carbons (Fsp3) is 0.421. The van der Waals surface area contributed by atoms with Gasteiger partial charge >= 0.3 is 6.01 Å². The van der Waals surface area contributed by atoms with E-state index in [2.05, 4.69) is 20.2 Å². The highest BCUT2D eigenvalue weighted by atomic mass is 16.5. The molecule has 4 rings (SSSR count). The van der Waals surface area contributed by atoms with E-state index in [1.54, 1.807) is 26.3 Å². The lowest BCUT2D eigenvalue weighted by Gasteiger charge is -2.28. The Labute approximate surface area is 162 Å². The molecule has 148 valence electrons. The van der Waals surface area contributed by atoms with Crippen LogP contribution in [0.5, 0.6) is 17.5 Å². The van der Waals surface area contributed by atoms with Gasteiger partial charge in [0.05, 0.1) is 7.11 Å². The van der Waals surface area contributed by atoms with Crippen molar-refractivity contribution in [2.75, 3.05) is 38.2 Å². The van der Waals surface area contributed by atoms with Crippen LogP contribution in [0.2, 0.25) is 0 Å². The molecule has 1 aromatic carbocycles. The Morgan fingerprint density at radius 2 is 1.93 bits per heavy atom. The molecule has 0 saturated carbocycles. The first kappa shape index (κ1) is 18.3. The smallest absolute Gasteiger partial charge is 0.306 e. The van der Waals surface area contributed by atoms with E-state index in [4.69, 9.17) is 9.47 Å². The molecule has 28 heavy (non-hydrogen) atoms. The number of piperazine rings is 1. The topological polar surface area (TPSA) is 86.4 Å². The number of benzene rings is 1. The van der Waals surface area contributed by atoms with Crippen molar-refractivity contribution in [3.05, 3.63) is 34.6 Å². The highest BCUT2D eigenvalue weighted by Gasteiger charge is 2.23. The maximum absolute atomic E-state index is 13.1. The highest BCUT2D eigenvalue weighted by molar-refractivity contribution is 5.74. The standard InChI is InChI=1S/C19H24N6O3/c1-4-25-15-16(21-18(25)24-10-8-20-9-11-24)22-19(23(2)17(15)26)28-14-7-5-6-13(12-14)27-3/h5-7,12,20H,4,8-11H2,1-3H3. The fourth-order valence-electron chi connectivity index (χ4n) is 3.40. The van der Waals surface area contributed by atoms with E-state index in [1.165, 1.54) is 4.57 Å². The number of hydrogen-bond donors (Lipinski definition) is 1. The van der Waals surface area contributed by atoms with Crippen molar-refractivity contribution in [3.8, 4) is 17.5 Å². The molecule has 0 radical (unpaired) electrons. The number of ether oxygens (including phenoxy) is 2. The molecule has 2 aromatic heterocycles. The van der Waals surface area contributed by atoms with Crippen LogP contribution in [-0.4, -0.2) is 52.4 Å². The van der Waals surface area contributed by atoms with Crippen LogP contribution in [0, 0.1) is 0 Å². The Balaban J connectivity index is 1.79. The summed E-state index contributed by atoms with van der Waals surface area (Å²) >= 11 is 0. The molecule has 0 aliphatic carbocycles. The van der Waals surface area contributed by atoms with Gasteiger partial charge in [-0.15, -0.1) is 0 Å². The average molecular weight is 384 g/mol. The van der Waals surface area contributed by atoms with Crippen LogP contribution in [0.15, 0.2) is 29.1 Å². The zero-order chi connectivity index (χ0) is 19.7. The Morgan fingerprint density at radius 1 is 1.18 bits per heavy atom. The highest BCUT2D eigenvalue weighted by Crippen LogP contribution is 2.25. The van der Waals surface area contributed by atoms with Crippen molar-refractivity contribution < 1.29 is 9.47 Å². The van der Waals surface area contributed by atoms with Crippen molar-refractivity contribution in [1.29, 1.82) is 0 Å². The number of imidazole rings is 1. The minimum absolute atomic E-state index is 0.182. The summed E-state index contributed by atoms with van der Waals surface area (Å²) < 4.78 is 14.4. The Morgan fingerprint density at radius 3 is 2.64 bits per heavy atom. The fourth-order valence-corrected chi connectivity index (χ4v) is 3.40. The molecule has 9 heteroatoms. The molecule has 1 N–H and O–H groups in total. The predicted octanol–water partition coefficient (Wildman–Crippen LogP) is 1.36. The number of anilines is 1. The summed E-state index contributed by atoms with van der Waals surface area (Å²) in [4.78, 5) is 24.5. The molecular weight excluding hydrogens is 360 g/mol. The first-order valence-corrected chi connectivity index (χ1v) is 9.37. The van der Waals surface area contributed by atoms with Crippen molar-refractivity contribution in [1.82, 2.24) is 24.4 Å². The van der Waals surface area contributed by atoms with E-state index in [-0.39, 0.29) is 11.6 Å². The van der Waals surface area contributed by atoms with Gasteiger partial charge in [-0.1, -0.05) is 6.07 Å². The lowest BCUT2D eigenvalue weighted by molar-refractivity contribution is 0.396. The van der Waals surface area contributed by atoms with Crippen molar-refractivity contribution >= 4 is 17.1 Å². The Kier molecular flexibility index (Phi) is 4.91. The molecule has 3 aromatic rings. The van der Waals surface area contributed by atoms with E-state index in [9.17, 15) is 4.79 Å². The third kappa shape index (κ3) is 3.18. The summed E-state index contributed by atoms with van der Waals surface area (Å²) in [6, 6.07) is 7.37. The zero-order valence-corrected chi connectivity index (χ0v) is 16.3. The average Bonchev–Trinajstić information content (AvgIpc) is 3.11. The number of methoxy groups -OCH3 is 1. The largest absolute Gasteiger partial charge is 0.497 e. The summed E-state index contributed by atoms with van der Waals surface area (Å²) in [5.41, 5.74) is 0.714. The van der Waals surface area contributed by atoms with Crippen LogP contribution < -0.4 is 25.2 Å². The Bertz CT molecular complexity index is 1050. The van der Waals surface area contributed by atoms with E-state index >= 15 is 0 Å². The molecule has 1 aliphatic rings. The van der Waals surface area contributed by atoms with Crippen LogP contribution in [0.4, 0.5) is 5.95 Å². The van der Waals surface area contributed by atoms with Gasteiger partial charge in [-0.2, -0.15) is 9.97 Å². The maximum atomic E-state index is 13.1. The van der Waals surface area contributed by atoms with Crippen LogP contribution in [0.25, 0.3) is 11.2 Å². The summed E-state index contributed by atoms with van der Waals surface area (Å²) in [5, 5.41) is 3.33. The van der Waals surface area contributed by atoms with Crippen molar-refractivity contribution in [2.45, 2.75) is 13.5 Å². The van der Waals surface area contributed by atoms with Gasteiger partial charge in [-0.3, -0.25) is 9.36 Å². The van der Waals surface area contributed by atoms with Crippen LogP contribution in [0.3, 0.4) is 0 Å². The van der Waals surface area contributed by atoms with Gasteiger partial charge in [0.1, 0.15) is 11.5 Å². The Hall–Kier alpha value is -3.07. The second kappa shape index (κ2) is 7.51. The second-order valence-electron chi connectivity index (χ2n) is 6.60. The van der Waals surface area contributed by atoms with E-state index in [0.717, 1.165) is 32.1 Å². The quantitative estimate of drug-likeness (QED) is 0.711. The van der Waals surface area contributed by atoms with Crippen molar-refractivity contribution in [2.24, 2.45) is 7.05 Å². The van der Waals surface area contributed by atoms with Crippen LogP contribution in [-0.2, 0) is 13.6 Å². The number of aromatic nitrogens is 4. The van der Waals surface area contributed by atoms with Gasteiger partial charge in [0.15, 0.2) is 11.2 Å². The molecule has 0 atom stereocenters.